The Balaban J connectivity index is 1.90. The quantitative estimate of drug-likeness (QED) is 0.907. The van der Waals surface area contributed by atoms with Crippen LogP contribution in [0.15, 0.2) is 18.2 Å². The molecule has 0 unspecified atom stereocenters. The van der Waals surface area contributed by atoms with Crippen LogP contribution >= 0.6 is 0 Å². The fraction of sp³-hybridized carbons (Fsp3) is 0.667. The van der Waals surface area contributed by atoms with Crippen molar-refractivity contribution in [2.45, 2.75) is 31.7 Å². The van der Waals surface area contributed by atoms with E-state index in [0.717, 1.165) is 43.6 Å². The number of methoxy groups -OCH3 is 2. The van der Waals surface area contributed by atoms with Crippen LogP contribution in [0.5, 0.6) is 11.5 Å². The second-order valence-corrected chi connectivity index (χ2v) is 6.39. The first-order valence-corrected chi connectivity index (χ1v) is 8.50. The molecule has 1 atom stereocenters. The average molecular weight is 304 g/mol. The first-order chi connectivity index (χ1) is 10.8. The van der Waals surface area contributed by atoms with E-state index in [4.69, 9.17) is 9.47 Å². The molecule has 1 heterocycles. The third-order valence-electron chi connectivity index (χ3n) is 5.14. The Morgan fingerprint density at radius 3 is 2.36 bits per heavy atom. The van der Waals surface area contributed by atoms with E-state index in [2.05, 4.69) is 28.4 Å². The van der Waals surface area contributed by atoms with Crippen molar-refractivity contribution < 1.29 is 9.47 Å². The lowest BCUT2D eigenvalue weighted by molar-refractivity contribution is 0.125. The van der Waals surface area contributed by atoms with Gasteiger partial charge in [0.15, 0.2) is 11.5 Å². The number of nitrogens with one attached hydrogen (secondary N) is 1. The van der Waals surface area contributed by atoms with Gasteiger partial charge < -0.3 is 14.8 Å². The molecule has 122 valence electrons. The van der Waals surface area contributed by atoms with Crippen molar-refractivity contribution in [3.63, 3.8) is 0 Å². The predicted octanol–water partition coefficient (Wildman–Crippen LogP) is 2.84. The lowest BCUT2D eigenvalue weighted by Crippen LogP contribution is -2.46. The van der Waals surface area contributed by atoms with Crippen LogP contribution in [0.1, 0.15) is 37.3 Å². The van der Waals surface area contributed by atoms with Crippen molar-refractivity contribution in [1.82, 2.24) is 10.2 Å². The Kier molecular flexibility index (Phi) is 5.21. The van der Waals surface area contributed by atoms with Crippen LogP contribution in [0, 0.1) is 5.92 Å². The molecule has 0 spiro atoms. The summed E-state index contributed by atoms with van der Waals surface area (Å²) in [7, 11) is 3.42. The molecule has 3 rings (SSSR count). The summed E-state index contributed by atoms with van der Waals surface area (Å²) in [5.74, 6) is 2.44. The van der Waals surface area contributed by atoms with Gasteiger partial charge in [-0.3, -0.25) is 4.90 Å². The van der Waals surface area contributed by atoms with Crippen molar-refractivity contribution in [3.8, 4) is 11.5 Å². The first kappa shape index (κ1) is 15.6. The summed E-state index contributed by atoms with van der Waals surface area (Å²) in [5, 5.41) is 3.47. The lowest BCUT2D eigenvalue weighted by atomic mass is 9.89. The number of rotatable bonds is 5. The first-order valence-electron chi connectivity index (χ1n) is 8.50. The standard InChI is InChI=1S/C18H28N2O2/c1-21-16-8-7-15(13-17(16)22-2)18(14-5-3-4-6-14)20-11-9-19-10-12-20/h7-8,13-14,18-19H,3-6,9-12H2,1-2H3/t18-/m0/s1. The van der Waals surface area contributed by atoms with Crippen molar-refractivity contribution in [3.05, 3.63) is 23.8 Å². The van der Waals surface area contributed by atoms with E-state index in [1.54, 1.807) is 14.2 Å². The van der Waals surface area contributed by atoms with Crippen molar-refractivity contribution in [2.24, 2.45) is 5.92 Å². The molecule has 4 nitrogen and oxygen atoms in total. The minimum absolute atomic E-state index is 0.518. The number of piperazine rings is 1. The van der Waals surface area contributed by atoms with E-state index >= 15 is 0 Å². The topological polar surface area (TPSA) is 33.7 Å². The van der Waals surface area contributed by atoms with Crippen molar-refractivity contribution in [1.29, 1.82) is 0 Å². The molecule has 1 aliphatic carbocycles. The van der Waals surface area contributed by atoms with Gasteiger partial charge in [0.2, 0.25) is 0 Å². The molecule has 1 saturated heterocycles. The molecule has 2 aliphatic rings. The van der Waals surface area contributed by atoms with E-state index in [1.165, 1.54) is 31.2 Å². The van der Waals surface area contributed by atoms with Crippen LogP contribution in [0.3, 0.4) is 0 Å². The third kappa shape index (κ3) is 3.23. The zero-order chi connectivity index (χ0) is 15.4. The minimum Gasteiger partial charge on any atom is -0.493 e. The third-order valence-corrected chi connectivity index (χ3v) is 5.14. The van der Waals surface area contributed by atoms with E-state index in [9.17, 15) is 0 Å². The van der Waals surface area contributed by atoms with Gasteiger partial charge in [-0.15, -0.1) is 0 Å². The fourth-order valence-electron chi connectivity index (χ4n) is 4.05. The van der Waals surface area contributed by atoms with Crippen LogP contribution in [-0.4, -0.2) is 45.3 Å². The molecular formula is C18H28N2O2. The van der Waals surface area contributed by atoms with Gasteiger partial charge >= 0.3 is 0 Å². The highest BCUT2D eigenvalue weighted by Crippen LogP contribution is 2.41. The maximum atomic E-state index is 5.52. The molecule has 1 aromatic rings. The summed E-state index contributed by atoms with van der Waals surface area (Å²) in [4.78, 5) is 2.66. The number of hydrogen-bond acceptors (Lipinski definition) is 4. The van der Waals surface area contributed by atoms with Gasteiger partial charge in [0.1, 0.15) is 0 Å². The SMILES string of the molecule is COc1ccc([C@H](C2CCCC2)N2CCNCC2)cc1OC. The maximum Gasteiger partial charge on any atom is 0.161 e. The fourth-order valence-corrected chi connectivity index (χ4v) is 4.05. The summed E-state index contributed by atoms with van der Waals surface area (Å²) in [5.41, 5.74) is 1.38. The Morgan fingerprint density at radius 1 is 1.05 bits per heavy atom. The Morgan fingerprint density at radius 2 is 1.73 bits per heavy atom. The molecule has 0 radical (unpaired) electrons. The zero-order valence-corrected chi connectivity index (χ0v) is 13.8. The van der Waals surface area contributed by atoms with Crippen LogP contribution in [-0.2, 0) is 0 Å². The Hall–Kier alpha value is -1.26. The van der Waals surface area contributed by atoms with E-state index in [1.807, 2.05) is 0 Å². The Bertz CT molecular complexity index is 480. The molecule has 1 aliphatic heterocycles. The second kappa shape index (κ2) is 7.34. The highest BCUT2D eigenvalue weighted by atomic mass is 16.5. The summed E-state index contributed by atoms with van der Waals surface area (Å²) in [6.45, 7) is 4.46. The van der Waals surface area contributed by atoms with Crippen molar-refractivity contribution >= 4 is 0 Å². The normalized spacial score (nSPS) is 21.7. The molecule has 1 saturated carbocycles. The van der Waals surface area contributed by atoms with Gasteiger partial charge in [-0.2, -0.15) is 0 Å². The number of benzene rings is 1. The highest BCUT2D eigenvalue weighted by Gasteiger charge is 2.32. The zero-order valence-electron chi connectivity index (χ0n) is 13.8. The smallest absolute Gasteiger partial charge is 0.161 e. The van der Waals surface area contributed by atoms with Gasteiger partial charge in [-0.05, 0) is 36.5 Å². The summed E-state index contributed by atoms with van der Waals surface area (Å²) >= 11 is 0. The monoisotopic (exact) mass is 304 g/mol. The van der Waals surface area contributed by atoms with Gasteiger partial charge in [0.25, 0.3) is 0 Å². The minimum atomic E-state index is 0.518. The molecule has 0 aromatic heterocycles. The van der Waals surface area contributed by atoms with Crippen LogP contribution < -0.4 is 14.8 Å². The number of ether oxygens (including phenoxy) is 2. The van der Waals surface area contributed by atoms with Crippen LogP contribution in [0.25, 0.3) is 0 Å². The van der Waals surface area contributed by atoms with Crippen LogP contribution in [0.4, 0.5) is 0 Å². The molecule has 4 heteroatoms. The molecule has 0 bridgehead atoms. The average Bonchev–Trinajstić information content (AvgIpc) is 3.10. The molecule has 1 aromatic carbocycles. The summed E-state index contributed by atoms with van der Waals surface area (Å²) < 4.78 is 10.9. The predicted molar refractivity (Wildman–Crippen MR) is 88.7 cm³/mol. The van der Waals surface area contributed by atoms with Gasteiger partial charge in [-0.25, -0.2) is 0 Å². The molecule has 1 N–H and O–H groups in total. The van der Waals surface area contributed by atoms with Crippen LogP contribution in [0.2, 0.25) is 0 Å². The molecule has 0 amide bonds. The lowest BCUT2D eigenvalue weighted by Gasteiger charge is -2.38. The molecular weight excluding hydrogens is 276 g/mol. The Labute approximate surface area is 133 Å². The number of nitrogens with zero attached hydrogens (tertiary/aromatic N) is 1. The van der Waals surface area contributed by atoms with Crippen molar-refractivity contribution in [2.75, 3.05) is 40.4 Å². The van der Waals surface area contributed by atoms with E-state index in [0.29, 0.717) is 6.04 Å². The highest BCUT2D eigenvalue weighted by molar-refractivity contribution is 5.44. The van der Waals surface area contributed by atoms with E-state index in [-0.39, 0.29) is 0 Å². The van der Waals surface area contributed by atoms with Gasteiger partial charge in [0.05, 0.1) is 14.2 Å². The largest absolute Gasteiger partial charge is 0.493 e. The van der Waals surface area contributed by atoms with Gasteiger partial charge in [-0.1, -0.05) is 18.9 Å². The summed E-state index contributed by atoms with van der Waals surface area (Å²) in [6.07, 6.45) is 5.45. The maximum absolute atomic E-state index is 5.52. The molecule has 2 fully saturated rings. The molecule has 22 heavy (non-hydrogen) atoms. The number of hydrogen-bond donors (Lipinski definition) is 1. The second-order valence-electron chi connectivity index (χ2n) is 6.39. The summed E-state index contributed by atoms with van der Waals surface area (Å²) in [6, 6.07) is 6.98. The van der Waals surface area contributed by atoms with Gasteiger partial charge in [0, 0.05) is 32.2 Å². The van der Waals surface area contributed by atoms with E-state index < -0.39 is 0 Å².